The van der Waals surface area contributed by atoms with Crippen molar-refractivity contribution in [3.05, 3.63) is 11.8 Å². The Hall–Kier alpha value is -2.38. The zero-order chi connectivity index (χ0) is 18.5. The number of amides is 2. The summed E-state index contributed by atoms with van der Waals surface area (Å²) in [5, 5.41) is 6.75. The van der Waals surface area contributed by atoms with Gasteiger partial charge in [-0.1, -0.05) is 0 Å². The van der Waals surface area contributed by atoms with Crippen molar-refractivity contribution in [2.24, 2.45) is 0 Å². The summed E-state index contributed by atoms with van der Waals surface area (Å²) >= 11 is 0. The largest absolute Gasteiger partial charge is 0.365 e. The van der Waals surface area contributed by atoms with E-state index in [2.05, 4.69) is 20.6 Å². The third-order valence-electron chi connectivity index (χ3n) is 5.94. The molecular weight excluding hydrogens is 344 g/mol. The number of hydrogen-bond donors (Lipinski definition) is 2. The lowest BCUT2D eigenvalue weighted by Gasteiger charge is -2.19. The van der Waals surface area contributed by atoms with Crippen molar-refractivity contribution in [3.63, 3.8) is 0 Å². The van der Waals surface area contributed by atoms with Gasteiger partial charge in [-0.15, -0.1) is 0 Å². The molecule has 144 valence electrons. The lowest BCUT2D eigenvalue weighted by molar-refractivity contribution is -0.129. The van der Waals surface area contributed by atoms with Gasteiger partial charge in [-0.2, -0.15) is 4.98 Å². The Kier molecular flexibility index (Phi) is 3.94. The fourth-order valence-corrected chi connectivity index (χ4v) is 4.17. The predicted molar refractivity (Wildman–Crippen MR) is 100 cm³/mol. The Bertz CT molecular complexity index is 775. The molecular formula is C19H26N6O2. The summed E-state index contributed by atoms with van der Waals surface area (Å²) in [6.45, 7) is 3.45. The third kappa shape index (κ3) is 3.44. The van der Waals surface area contributed by atoms with Gasteiger partial charge in [0.25, 0.3) is 0 Å². The SMILES string of the molecule is Cc1cnc(NC2CC(=O)N(C3CC3)C2)nc1NC1CC(=O)N(C2CC2)C1. The van der Waals surface area contributed by atoms with Gasteiger partial charge in [0, 0.05) is 49.8 Å². The van der Waals surface area contributed by atoms with E-state index in [1.54, 1.807) is 6.20 Å². The molecule has 1 aromatic heterocycles. The van der Waals surface area contributed by atoms with E-state index in [9.17, 15) is 9.59 Å². The maximum Gasteiger partial charge on any atom is 0.225 e. The van der Waals surface area contributed by atoms with Crippen LogP contribution in [0.3, 0.4) is 0 Å². The Morgan fingerprint density at radius 1 is 0.926 bits per heavy atom. The molecule has 2 aliphatic carbocycles. The van der Waals surface area contributed by atoms with E-state index in [1.165, 1.54) is 0 Å². The Morgan fingerprint density at radius 2 is 1.48 bits per heavy atom. The molecule has 8 heteroatoms. The van der Waals surface area contributed by atoms with E-state index in [4.69, 9.17) is 0 Å². The molecule has 2 saturated heterocycles. The van der Waals surface area contributed by atoms with Crippen LogP contribution in [0, 0.1) is 6.92 Å². The zero-order valence-corrected chi connectivity index (χ0v) is 15.6. The van der Waals surface area contributed by atoms with E-state index < -0.39 is 0 Å². The summed E-state index contributed by atoms with van der Waals surface area (Å²) in [6, 6.07) is 1.07. The Morgan fingerprint density at radius 3 is 2.04 bits per heavy atom. The first-order valence-corrected chi connectivity index (χ1v) is 10.0. The summed E-state index contributed by atoms with van der Waals surface area (Å²) in [7, 11) is 0. The fourth-order valence-electron chi connectivity index (χ4n) is 4.17. The van der Waals surface area contributed by atoms with E-state index in [-0.39, 0.29) is 23.9 Å². The van der Waals surface area contributed by atoms with Crippen LogP contribution in [0.4, 0.5) is 11.8 Å². The van der Waals surface area contributed by atoms with Crippen LogP contribution in [0.2, 0.25) is 0 Å². The minimum Gasteiger partial charge on any atom is -0.365 e. The van der Waals surface area contributed by atoms with E-state index in [0.717, 1.165) is 50.2 Å². The first kappa shape index (κ1) is 16.8. The molecule has 8 nitrogen and oxygen atoms in total. The number of likely N-dealkylation sites (tertiary alicyclic amines) is 2. The molecule has 5 rings (SSSR count). The normalized spacial score (nSPS) is 28.2. The van der Waals surface area contributed by atoms with Gasteiger partial charge < -0.3 is 20.4 Å². The van der Waals surface area contributed by atoms with Gasteiger partial charge in [0.2, 0.25) is 17.8 Å². The molecule has 2 N–H and O–H groups in total. The number of nitrogens with zero attached hydrogens (tertiary/aromatic N) is 4. The number of carbonyl (C=O) groups is 2. The first-order chi connectivity index (χ1) is 13.1. The molecule has 27 heavy (non-hydrogen) atoms. The molecule has 3 heterocycles. The van der Waals surface area contributed by atoms with Crippen molar-refractivity contribution in [1.82, 2.24) is 19.8 Å². The lowest BCUT2D eigenvalue weighted by Crippen LogP contribution is -2.30. The highest BCUT2D eigenvalue weighted by Gasteiger charge is 2.40. The topological polar surface area (TPSA) is 90.5 Å². The Balaban J connectivity index is 1.23. The summed E-state index contributed by atoms with van der Waals surface area (Å²) in [5.74, 6) is 1.78. The van der Waals surface area contributed by atoms with Crippen molar-refractivity contribution >= 4 is 23.6 Å². The second kappa shape index (κ2) is 6.35. The van der Waals surface area contributed by atoms with E-state index in [1.807, 2.05) is 16.7 Å². The maximum absolute atomic E-state index is 12.2. The van der Waals surface area contributed by atoms with Crippen LogP contribution < -0.4 is 10.6 Å². The zero-order valence-electron chi connectivity index (χ0n) is 15.6. The molecule has 2 aliphatic heterocycles. The molecule has 4 fully saturated rings. The highest BCUT2D eigenvalue weighted by Crippen LogP contribution is 2.32. The minimum atomic E-state index is 0.0621. The summed E-state index contributed by atoms with van der Waals surface area (Å²) in [5.41, 5.74) is 0.958. The quantitative estimate of drug-likeness (QED) is 0.780. The van der Waals surface area contributed by atoms with Crippen molar-refractivity contribution in [2.45, 2.75) is 69.6 Å². The smallest absolute Gasteiger partial charge is 0.225 e. The van der Waals surface area contributed by atoms with Crippen molar-refractivity contribution < 1.29 is 9.59 Å². The fraction of sp³-hybridized carbons (Fsp3) is 0.684. The molecule has 2 amide bonds. The van der Waals surface area contributed by atoms with Gasteiger partial charge in [0.05, 0.1) is 12.1 Å². The summed E-state index contributed by atoms with van der Waals surface area (Å²) < 4.78 is 0. The molecule has 0 spiro atoms. The minimum absolute atomic E-state index is 0.0621. The van der Waals surface area contributed by atoms with Crippen molar-refractivity contribution in [3.8, 4) is 0 Å². The molecule has 0 radical (unpaired) electrons. The van der Waals surface area contributed by atoms with Crippen LogP contribution in [-0.4, -0.2) is 68.8 Å². The standard InChI is InChI=1S/C19H26N6O2/c1-11-8-20-19(22-13-7-17(27)25(10-13)15-4-5-15)23-18(11)21-12-6-16(26)24(9-12)14-2-3-14/h8,12-15H,2-7,9-10H2,1H3,(H2,20,21,22,23). The van der Waals surface area contributed by atoms with Gasteiger partial charge in [0.1, 0.15) is 5.82 Å². The van der Waals surface area contributed by atoms with E-state index >= 15 is 0 Å². The molecule has 0 aromatic carbocycles. The third-order valence-corrected chi connectivity index (χ3v) is 5.94. The van der Waals surface area contributed by atoms with Crippen LogP contribution >= 0.6 is 0 Å². The van der Waals surface area contributed by atoms with Crippen LogP contribution in [0.5, 0.6) is 0 Å². The van der Waals surface area contributed by atoms with Crippen molar-refractivity contribution in [2.75, 3.05) is 23.7 Å². The van der Waals surface area contributed by atoms with Gasteiger partial charge >= 0.3 is 0 Å². The van der Waals surface area contributed by atoms with Gasteiger partial charge in [0.15, 0.2) is 0 Å². The second-order valence-corrected chi connectivity index (χ2v) is 8.37. The highest BCUT2D eigenvalue weighted by atomic mass is 16.2. The molecule has 2 saturated carbocycles. The summed E-state index contributed by atoms with van der Waals surface area (Å²) in [4.78, 5) is 37.3. The number of aromatic nitrogens is 2. The second-order valence-electron chi connectivity index (χ2n) is 8.37. The molecule has 2 atom stereocenters. The summed E-state index contributed by atoms with van der Waals surface area (Å²) in [6.07, 6.45) is 7.36. The molecule has 1 aromatic rings. The average molecular weight is 370 g/mol. The Labute approximate surface area is 158 Å². The van der Waals surface area contributed by atoms with Crippen LogP contribution in [0.1, 0.15) is 44.1 Å². The highest BCUT2D eigenvalue weighted by molar-refractivity contribution is 5.81. The molecule has 2 unspecified atom stereocenters. The van der Waals surface area contributed by atoms with Gasteiger partial charge in [-0.3, -0.25) is 9.59 Å². The number of aryl methyl sites for hydroxylation is 1. The van der Waals surface area contributed by atoms with Crippen LogP contribution in [0.15, 0.2) is 6.20 Å². The first-order valence-electron chi connectivity index (χ1n) is 10.0. The average Bonchev–Trinajstić information content (AvgIpc) is 3.55. The number of carbonyl (C=O) groups excluding carboxylic acids is 2. The number of anilines is 2. The van der Waals surface area contributed by atoms with Gasteiger partial charge in [-0.05, 0) is 32.6 Å². The van der Waals surface area contributed by atoms with E-state index in [0.29, 0.717) is 30.9 Å². The monoisotopic (exact) mass is 370 g/mol. The van der Waals surface area contributed by atoms with Crippen LogP contribution in [-0.2, 0) is 9.59 Å². The molecule has 4 aliphatic rings. The number of hydrogen-bond acceptors (Lipinski definition) is 6. The van der Waals surface area contributed by atoms with Gasteiger partial charge in [-0.25, -0.2) is 4.98 Å². The number of rotatable bonds is 6. The van der Waals surface area contributed by atoms with Crippen LogP contribution in [0.25, 0.3) is 0 Å². The molecule has 0 bridgehead atoms. The maximum atomic E-state index is 12.2. The number of nitrogens with one attached hydrogen (secondary N) is 2. The predicted octanol–water partition coefficient (Wildman–Crippen LogP) is 1.14. The van der Waals surface area contributed by atoms with Crippen molar-refractivity contribution in [1.29, 1.82) is 0 Å². The lowest BCUT2D eigenvalue weighted by atomic mass is 10.2.